The van der Waals surface area contributed by atoms with Gasteiger partial charge in [-0.1, -0.05) is 30.3 Å². The van der Waals surface area contributed by atoms with Gasteiger partial charge >= 0.3 is 5.69 Å². The predicted molar refractivity (Wildman–Crippen MR) is 118 cm³/mol. The summed E-state index contributed by atoms with van der Waals surface area (Å²) in [4.78, 5) is 39.1. The third-order valence-corrected chi connectivity index (χ3v) is 4.91. The molecule has 0 spiro atoms. The maximum Gasteiger partial charge on any atom is 0.352 e. The molecule has 0 bridgehead atoms. The van der Waals surface area contributed by atoms with E-state index < -0.39 is 17.2 Å². The Kier molecular flexibility index (Phi) is 6.81. The number of benzene rings is 2. The Morgan fingerprint density at radius 3 is 2.39 bits per heavy atom. The van der Waals surface area contributed by atoms with Crippen LogP contribution in [0.25, 0.3) is 5.69 Å². The molecule has 0 radical (unpaired) electrons. The van der Waals surface area contributed by atoms with Gasteiger partial charge in [0.15, 0.2) is 0 Å². The van der Waals surface area contributed by atoms with Gasteiger partial charge in [0.1, 0.15) is 0 Å². The standard InChI is InChI=1S/C23H26N4O4/c1-15-11-16(2)13-19(12-15)27-23(30)26(14-18-8-6-5-7-17(18)3)22(29)20(25-27)21(28)24-9-10-31-4/h5-8,11-13H,9-10,14H2,1-4H3,(H,24,28). The summed E-state index contributed by atoms with van der Waals surface area (Å²) in [5, 5.41) is 6.75. The van der Waals surface area contributed by atoms with Gasteiger partial charge in [-0.15, -0.1) is 0 Å². The van der Waals surface area contributed by atoms with Crippen LogP contribution in [-0.4, -0.2) is 40.5 Å². The van der Waals surface area contributed by atoms with E-state index in [4.69, 9.17) is 4.74 Å². The van der Waals surface area contributed by atoms with Gasteiger partial charge in [0.05, 0.1) is 18.8 Å². The van der Waals surface area contributed by atoms with Crippen LogP contribution in [-0.2, 0) is 11.3 Å². The van der Waals surface area contributed by atoms with E-state index in [1.807, 2.05) is 51.1 Å². The summed E-state index contributed by atoms with van der Waals surface area (Å²) in [7, 11) is 1.51. The number of amides is 1. The number of rotatable bonds is 7. The number of hydrogen-bond acceptors (Lipinski definition) is 5. The molecule has 1 N–H and O–H groups in total. The van der Waals surface area contributed by atoms with Gasteiger partial charge in [-0.25, -0.2) is 4.79 Å². The lowest BCUT2D eigenvalue weighted by Crippen LogP contribution is -2.46. The van der Waals surface area contributed by atoms with E-state index in [0.29, 0.717) is 12.3 Å². The second kappa shape index (κ2) is 9.53. The number of aromatic nitrogens is 3. The molecule has 1 amide bonds. The fourth-order valence-electron chi connectivity index (χ4n) is 3.35. The predicted octanol–water partition coefficient (Wildman–Crippen LogP) is 1.74. The summed E-state index contributed by atoms with van der Waals surface area (Å²) in [6, 6.07) is 13.0. The van der Waals surface area contributed by atoms with Gasteiger partial charge in [-0.05, 0) is 55.2 Å². The zero-order valence-electron chi connectivity index (χ0n) is 18.1. The fourth-order valence-corrected chi connectivity index (χ4v) is 3.35. The van der Waals surface area contributed by atoms with Crippen molar-refractivity contribution in [3.05, 3.63) is 91.3 Å². The van der Waals surface area contributed by atoms with E-state index in [1.54, 1.807) is 12.1 Å². The average molecular weight is 422 g/mol. The summed E-state index contributed by atoms with van der Waals surface area (Å²) in [5.74, 6) is -0.654. The van der Waals surface area contributed by atoms with Crippen LogP contribution in [0.5, 0.6) is 0 Å². The number of carbonyl (C=O) groups is 1. The molecular formula is C23H26N4O4. The van der Waals surface area contributed by atoms with Gasteiger partial charge in [0.25, 0.3) is 11.5 Å². The molecule has 8 nitrogen and oxygen atoms in total. The van der Waals surface area contributed by atoms with Gasteiger partial charge in [-0.2, -0.15) is 9.78 Å². The van der Waals surface area contributed by atoms with E-state index in [2.05, 4.69) is 10.4 Å². The number of nitrogens with zero attached hydrogens (tertiary/aromatic N) is 3. The van der Waals surface area contributed by atoms with Crippen molar-refractivity contribution in [2.75, 3.05) is 20.3 Å². The third kappa shape index (κ3) is 4.97. The van der Waals surface area contributed by atoms with Crippen molar-refractivity contribution in [2.24, 2.45) is 0 Å². The number of methoxy groups -OCH3 is 1. The fraction of sp³-hybridized carbons (Fsp3) is 0.304. The monoisotopic (exact) mass is 422 g/mol. The molecule has 1 heterocycles. The molecule has 0 fully saturated rings. The molecule has 3 aromatic rings. The molecule has 0 aliphatic heterocycles. The molecule has 0 saturated heterocycles. The molecule has 0 saturated carbocycles. The van der Waals surface area contributed by atoms with Crippen LogP contribution in [0.2, 0.25) is 0 Å². The van der Waals surface area contributed by atoms with Gasteiger partial charge < -0.3 is 10.1 Å². The van der Waals surface area contributed by atoms with E-state index in [-0.39, 0.29) is 18.8 Å². The zero-order chi connectivity index (χ0) is 22.5. The summed E-state index contributed by atoms with van der Waals surface area (Å²) < 4.78 is 7.11. The van der Waals surface area contributed by atoms with Crippen molar-refractivity contribution in [1.82, 2.24) is 19.7 Å². The Hall–Kier alpha value is -3.52. The lowest BCUT2D eigenvalue weighted by molar-refractivity contribution is 0.0927. The van der Waals surface area contributed by atoms with E-state index >= 15 is 0 Å². The van der Waals surface area contributed by atoms with Crippen LogP contribution < -0.4 is 16.6 Å². The van der Waals surface area contributed by atoms with E-state index in [1.165, 1.54) is 7.11 Å². The van der Waals surface area contributed by atoms with Gasteiger partial charge in [-0.3, -0.25) is 14.2 Å². The normalized spacial score (nSPS) is 10.8. The molecule has 31 heavy (non-hydrogen) atoms. The Morgan fingerprint density at radius 2 is 1.74 bits per heavy atom. The number of aryl methyl sites for hydroxylation is 3. The number of ether oxygens (including phenoxy) is 1. The summed E-state index contributed by atoms with van der Waals surface area (Å²) in [5.41, 5.74) is 2.43. The first kappa shape index (κ1) is 22.2. The van der Waals surface area contributed by atoms with Crippen molar-refractivity contribution < 1.29 is 9.53 Å². The lowest BCUT2D eigenvalue weighted by atomic mass is 10.1. The maximum atomic E-state index is 13.3. The first-order valence-corrected chi connectivity index (χ1v) is 9.96. The van der Waals surface area contributed by atoms with Gasteiger partial charge in [0.2, 0.25) is 5.69 Å². The van der Waals surface area contributed by atoms with Crippen LogP contribution in [0, 0.1) is 20.8 Å². The molecule has 0 unspecified atom stereocenters. The summed E-state index contributed by atoms with van der Waals surface area (Å²) in [6.45, 7) is 6.27. The smallest absolute Gasteiger partial charge is 0.352 e. The lowest BCUT2D eigenvalue weighted by Gasteiger charge is -2.14. The second-order valence-electron chi connectivity index (χ2n) is 7.46. The first-order valence-electron chi connectivity index (χ1n) is 9.96. The number of nitrogens with one attached hydrogen (secondary N) is 1. The minimum absolute atomic E-state index is 0.0377. The highest BCUT2D eigenvalue weighted by atomic mass is 16.5. The van der Waals surface area contributed by atoms with Crippen LogP contribution in [0.1, 0.15) is 32.7 Å². The van der Waals surface area contributed by atoms with Crippen LogP contribution in [0.4, 0.5) is 0 Å². The Morgan fingerprint density at radius 1 is 1.06 bits per heavy atom. The molecule has 0 atom stereocenters. The Labute approximate surface area is 180 Å². The van der Waals surface area contributed by atoms with Crippen LogP contribution >= 0.6 is 0 Å². The molecule has 162 valence electrons. The second-order valence-corrected chi connectivity index (χ2v) is 7.46. The van der Waals surface area contributed by atoms with Crippen molar-refractivity contribution >= 4 is 5.91 Å². The Balaban J connectivity index is 2.20. The number of carbonyl (C=O) groups excluding carboxylic acids is 1. The largest absolute Gasteiger partial charge is 0.383 e. The van der Waals surface area contributed by atoms with Crippen molar-refractivity contribution in [3.8, 4) is 5.69 Å². The zero-order valence-corrected chi connectivity index (χ0v) is 18.1. The molecule has 1 aromatic heterocycles. The molecule has 0 aliphatic rings. The minimum atomic E-state index is -0.733. The highest BCUT2D eigenvalue weighted by Crippen LogP contribution is 2.12. The van der Waals surface area contributed by atoms with E-state index in [9.17, 15) is 14.4 Å². The highest BCUT2D eigenvalue weighted by molar-refractivity contribution is 5.91. The van der Waals surface area contributed by atoms with Crippen LogP contribution in [0.3, 0.4) is 0 Å². The quantitative estimate of drug-likeness (QED) is 0.586. The maximum absolute atomic E-state index is 13.3. The first-order chi connectivity index (χ1) is 14.8. The van der Waals surface area contributed by atoms with Crippen molar-refractivity contribution in [3.63, 3.8) is 0 Å². The topological polar surface area (TPSA) is 95.2 Å². The van der Waals surface area contributed by atoms with E-state index in [0.717, 1.165) is 31.5 Å². The summed E-state index contributed by atoms with van der Waals surface area (Å²) >= 11 is 0. The molecule has 3 rings (SSSR count). The Bertz CT molecular complexity index is 1210. The number of hydrogen-bond donors (Lipinski definition) is 1. The molecular weight excluding hydrogens is 396 g/mol. The van der Waals surface area contributed by atoms with Crippen LogP contribution in [0.15, 0.2) is 52.1 Å². The molecule has 0 aliphatic carbocycles. The van der Waals surface area contributed by atoms with Crippen molar-refractivity contribution in [2.45, 2.75) is 27.3 Å². The highest BCUT2D eigenvalue weighted by Gasteiger charge is 2.20. The van der Waals surface area contributed by atoms with Crippen molar-refractivity contribution in [1.29, 1.82) is 0 Å². The van der Waals surface area contributed by atoms with Gasteiger partial charge in [0, 0.05) is 13.7 Å². The SMILES string of the molecule is COCCNC(=O)c1nn(-c2cc(C)cc(C)c2)c(=O)n(Cc2ccccc2C)c1=O. The average Bonchev–Trinajstić information content (AvgIpc) is 2.72. The summed E-state index contributed by atoms with van der Waals surface area (Å²) in [6.07, 6.45) is 0. The molecule has 8 heteroatoms. The third-order valence-electron chi connectivity index (χ3n) is 4.91. The minimum Gasteiger partial charge on any atom is -0.383 e. The molecule has 2 aromatic carbocycles.